The van der Waals surface area contributed by atoms with E-state index in [1.165, 1.54) is 0 Å². The Morgan fingerprint density at radius 1 is 1.40 bits per heavy atom. The first-order chi connectivity index (χ1) is 6.74. The molecule has 0 aliphatic carbocycles. The second-order valence-electron chi connectivity index (χ2n) is 5.02. The summed E-state index contributed by atoms with van der Waals surface area (Å²) in [4.78, 5) is 22.0. The highest BCUT2D eigenvalue weighted by Gasteiger charge is 2.19. The first-order valence-electron chi connectivity index (χ1n) is 5.19. The molecule has 4 heteroatoms. The van der Waals surface area contributed by atoms with Crippen molar-refractivity contribution >= 4 is 12.4 Å². The van der Waals surface area contributed by atoms with E-state index >= 15 is 0 Å². The second-order valence-corrected chi connectivity index (χ2v) is 5.02. The average Bonchev–Trinajstić information content (AvgIpc) is 1.98. The van der Waals surface area contributed by atoms with Gasteiger partial charge in [-0.3, -0.25) is 0 Å². The van der Waals surface area contributed by atoms with Crippen LogP contribution in [-0.4, -0.2) is 24.0 Å². The van der Waals surface area contributed by atoms with Crippen molar-refractivity contribution in [1.29, 1.82) is 0 Å². The van der Waals surface area contributed by atoms with Crippen molar-refractivity contribution in [3.05, 3.63) is 0 Å². The molecule has 1 N–H and O–H groups in total. The van der Waals surface area contributed by atoms with Gasteiger partial charge in [0.05, 0.1) is 6.04 Å². The molecule has 0 aromatic carbocycles. The lowest BCUT2D eigenvalue weighted by atomic mass is 10.1. The van der Waals surface area contributed by atoms with Gasteiger partial charge >= 0.3 is 6.09 Å². The zero-order valence-corrected chi connectivity index (χ0v) is 10.2. The first kappa shape index (κ1) is 13.9. The standard InChI is InChI=1S/C11H21NO3/c1-8(2)6-9(7-13)12-10(14)15-11(3,4)5/h7-9H,6H2,1-5H3,(H,12,14)/t9-/m1/s1. The third-order valence-electron chi connectivity index (χ3n) is 1.59. The van der Waals surface area contributed by atoms with E-state index in [0.29, 0.717) is 12.3 Å². The molecular formula is C11H21NO3. The van der Waals surface area contributed by atoms with Gasteiger partial charge in [0.25, 0.3) is 0 Å². The Morgan fingerprint density at radius 3 is 2.27 bits per heavy atom. The minimum atomic E-state index is -0.541. The Bertz CT molecular complexity index is 218. The van der Waals surface area contributed by atoms with Crippen LogP contribution in [-0.2, 0) is 9.53 Å². The van der Waals surface area contributed by atoms with Crippen molar-refractivity contribution in [1.82, 2.24) is 5.32 Å². The van der Waals surface area contributed by atoms with Gasteiger partial charge in [0.15, 0.2) is 0 Å². The number of nitrogens with one attached hydrogen (secondary N) is 1. The van der Waals surface area contributed by atoms with Crippen molar-refractivity contribution in [2.24, 2.45) is 5.92 Å². The summed E-state index contributed by atoms with van der Waals surface area (Å²) in [7, 11) is 0. The smallest absolute Gasteiger partial charge is 0.408 e. The molecule has 0 rings (SSSR count). The van der Waals surface area contributed by atoms with Crippen LogP contribution in [0.2, 0.25) is 0 Å². The molecule has 0 saturated heterocycles. The van der Waals surface area contributed by atoms with Gasteiger partial charge in [-0.1, -0.05) is 13.8 Å². The van der Waals surface area contributed by atoms with Gasteiger partial charge in [0.2, 0.25) is 0 Å². The van der Waals surface area contributed by atoms with Crippen LogP contribution in [0, 0.1) is 5.92 Å². The Balaban J connectivity index is 4.08. The quantitative estimate of drug-likeness (QED) is 0.731. The van der Waals surface area contributed by atoms with Crippen LogP contribution in [0.25, 0.3) is 0 Å². The summed E-state index contributed by atoms with van der Waals surface area (Å²) in [5.74, 6) is 0.357. The molecule has 15 heavy (non-hydrogen) atoms. The van der Waals surface area contributed by atoms with Crippen LogP contribution < -0.4 is 5.32 Å². The van der Waals surface area contributed by atoms with Crippen LogP contribution in [0.5, 0.6) is 0 Å². The summed E-state index contributed by atoms with van der Waals surface area (Å²) in [6.07, 6.45) is 0.826. The first-order valence-corrected chi connectivity index (χ1v) is 5.19. The number of rotatable bonds is 4. The molecule has 0 aliphatic rings. The molecule has 0 radical (unpaired) electrons. The van der Waals surface area contributed by atoms with Crippen LogP contribution >= 0.6 is 0 Å². The number of ether oxygens (including phenoxy) is 1. The molecule has 0 fully saturated rings. The molecule has 0 spiro atoms. The lowest BCUT2D eigenvalue weighted by molar-refractivity contribution is -0.110. The molecule has 0 unspecified atom stereocenters. The Hall–Kier alpha value is -1.06. The minimum Gasteiger partial charge on any atom is -0.444 e. The summed E-state index contributed by atoms with van der Waals surface area (Å²) >= 11 is 0. The Morgan fingerprint density at radius 2 is 1.93 bits per heavy atom. The van der Waals surface area contributed by atoms with E-state index in [1.54, 1.807) is 20.8 Å². The van der Waals surface area contributed by atoms with Gasteiger partial charge in [0.1, 0.15) is 11.9 Å². The fourth-order valence-electron chi connectivity index (χ4n) is 1.12. The highest BCUT2D eigenvalue weighted by atomic mass is 16.6. The fraction of sp³-hybridized carbons (Fsp3) is 0.818. The van der Waals surface area contributed by atoms with E-state index in [9.17, 15) is 9.59 Å². The van der Waals surface area contributed by atoms with Crippen molar-refractivity contribution < 1.29 is 14.3 Å². The van der Waals surface area contributed by atoms with E-state index in [0.717, 1.165) is 6.29 Å². The SMILES string of the molecule is CC(C)C[C@H](C=O)NC(=O)OC(C)(C)C. The van der Waals surface area contributed by atoms with Crippen LogP contribution in [0.15, 0.2) is 0 Å². The Kier molecular flexibility index (Phi) is 5.33. The van der Waals surface area contributed by atoms with Gasteiger partial charge < -0.3 is 14.8 Å². The molecule has 0 aromatic heterocycles. The van der Waals surface area contributed by atoms with Gasteiger partial charge in [0, 0.05) is 0 Å². The van der Waals surface area contributed by atoms with Gasteiger partial charge in [-0.05, 0) is 33.1 Å². The lowest BCUT2D eigenvalue weighted by Gasteiger charge is -2.22. The number of aldehydes is 1. The third-order valence-corrected chi connectivity index (χ3v) is 1.59. The van der Waals surface area contributed by atoms with E-state index in [-0.39, 0.29) is 0 Å². The maximum absolute atomic E-state index is 11.3. The predicted molar refractivity (Wildman–Crippen MR) is 58.7 cm³/mol. The molecule has 88 valence electrons. The summed E-state index contributed by atoms with van der Waals surface area (Å²) in [6.45, 7) is 9.33. The average molecular weight is 215 g/mol. The number of hydrogen-bond acceptors (Lipinski definition) is 3. The lowest BCUT2D eigenvalue weighted by Crippen LogP contribution is -2.40. The maximum atomic E-state index is 11.3. The number of carbonyl (C=O) groups is 2. The number of amides is 1. The molecule has 0 saturated carbocycles. The predicted octanol–water partition coefficient (Wildman–Crippen LogP) is 2.12. The normalized spacial score (nSPS) is 13.5. The summed E-state index contributed by atoms with van der Waals surface area (Å²) in [5, 5.41) is 2.53. The molecule has 1 atom stereocenters. The zero-order chi connectivity index (χ0) is 12.1. The summed E-state index contributed by atoms with van der Waals surface area (Å²) < 4.78 is 5.04. The molecule has 0 bridgehead atoms. The number of hydrogen-bond donors (Lipinski definition) is 1. The molecule has 0 heterocycles. The van der Waals surface area contributed by atoms with Crippen molar-refractivity contribution in [3.8, 4) is 0 Å². The van der Waals surface area contributed by atoms with E-state index in [4.69, 9.17) is 4.74 Å². The minimum absolute atomic E-state index is 0.357. The fourth-order valence-corrected chi connectivity index (χ4v) is 1.12. The van der Waals surface area contributed by atoms with Gasteiger partial charge in [-0.25, -0.2) is 4.79 Å². The van der Waals surface area contributed by atoms with Crippen molar-refractivity contribution in [2.75, 3.05) is 0 Å². The topological polar surface area (TPSA) is 55.4 Å². The van der Waals surface area contributed by atoms with Crippen molar-refractivity contribution in [2.45, 2.75) is 52.7 Å². The van der Waals surface area contributed by atoms with Gasteiger partial charge in [-0.15, -0.1) is 0 Å². The van der Waals surface area contributed by atoms with E-state index in [2.05, 4.69) is 5.32 Å². The third kappa shape index (κ3) is 7.97. The molecule has 0 aliphatic heterocycles. The number of alkyl carbamates (subject to hydrolysis) is 1. The van der Waals surface area contributed by atoms with Crippen molar-refractivity contribution in [3.63, 3.8) is 0 Å². The maximum Gasteiger partial charge on any atom is 0.408 e. The van der Waals surface area contributed by atoms with E-state index < -0.39 is 17.7 Å². The highest BCUT2D eigenvalue weighted by molar-refractivity contribution is 5.73. The Labute approximate surface area is 91.4 Å². The van der Waals surface area contributed by atoms with Crippen LogP contribution in [0.1, 0.15) is 41.0 Å². The monoisotopic (exact) mass is 215 g/mol. The summed E-state index contributed by atoms with van der Waals surface area (Å²) in [6, 6.07) is -0.458. The molecular weight excluding hydrogens is 194 g/mol. The molecule has 0 aromatic rings. The van der Waals surface area contributed by atoms with Gasteiger partial charge in [-0.2, -0.15) is 0 Å². The van der Waals surface area contributed by atoms with Crippen LogP contribution in [0.4, 0.5) is 4.79 Å². The second kappa shape index (κ2) is 5.73. The zero-order valence-electron chi connectivity index (χ0n) is 10.2. The summed E-state index contributed by atoms with van der Waals surface area (Å²) in [5.41, 5.74) is -0.532. The number of carbonyl (C=O) groups excluding carboxylic acids is 2. The molecule has 4 nitrogen and oxygen atoms in total. The largest absolute Gasteiger partial charge is 0.444 e. The van der Waals surface area contributed by atoms with Crippen LogP contribution in [0.3, 0.4) is 0 Å². The molecule has 1 amide bonds. The van der Waals surface area contributed by atoms with E-state index in [1.807, 2.05) is 13.8 Å². The highest BCUT2D eigenvalue weighted by Crippen LogP contribution is 2.08.